The lowest BCUT2D eigenvalue weighted by Crippen LogP contribution is -2.42. The first-order chi connectivity index (χ1) is 15.3. The Morgan fingerprint density at radius 1 is 1.06 bits per heavy atom. The third-order valence-corrected chi connectivity index (χ3v) is 5.94. The maximum atomic E-state index is 13.0. The molecule has 0 radical (unpaired) electrons. The van der Waals surface area contributed by atoms with Gasteiger partial charge < -0.3 is 15.0 Å². The number of carbonyl (C=O) groups is 2. The van der Waals surface area contributed by atoms with Gasteiger partial charge in [0.2, 0.25) is 5.91 Å². The molecule has 1 aliphatic heterocycles. The van der Waals surface area contributed by atoms with Crippen molar-refractivity contribution in [3.05, 3.63) is 65.2 Å². The number of rotatable bonds is 8. The molecule has 0 aliphatic carbocycles. The fourth-order valence-corrected chi connectivity index (χ4v) is 4.12. The van der Waals surface area contributed by atoms with Crippen LogP contribution in [0, 0.1) is 11.8 Å². The predicted octanol–water partition coefficient (Wildman–Crippen LogP) is 4.75. The zero-order valence-corrected chi connectivity index (χ0v) is 19.9. The van der Waals surface area contributed by atoms with E-state index in [9.17, 15) is 9.59 Å². The van der Waals surface area contributed by atoms with Crippen molar-refractivity contribution >= 4 is 11.8 Å². The summed E-state index contributed by atoms with van der Waals surface area (Å²) < 4.78 is 6.01. The van der Waals surface area contributed by atoms with Crippen LogP contribution >= 0.6 is 0 Å². The van der Waals surface area contributed by atoms with Crippen molar-refractivity contribution in [2.75, 3.05) is 13.1 Å². The summed E-state index contributed by atoms with van der Waals surface area (Å²) >= 11 is 0. The van der Waals surface area contributed by atoms with Crippen molar-refractivity contribution in [3.8, 4) is 5.75 Å². The number of fused-ring (bicyclic) bond motifs is 1. The number of nitrogens with one attached hydrogen (secondary N) is 1. The zero-order chi connectivity index (χ0) is 23.3. The number of nitrogens with zero attached hydrogens (tertiary/aromatic N) is 1. The molecule has 2 atom stereocenters. The summed E-state index contributed by atoms with van der Waals surface area (Å²) in [5.41, 5.74) is 3.37. The summed E-state index contributed by atoms with van der Waals surface area (Å²) in [6, 6.07) is 16.0. The second-order valence-electron chi connectivity index (χ2n) is 9.34. The molecule has 5 nitrogen and oxygen atoms in total. The molecule has 0 unspecified atom stereocenters. The third kappa shape index (κ3) is 5.70. The Labute approximate surface area is 192 Å². The van der Waals surface area contributed by atoms with Gasteiger partial charge in [-0.25, -0.2) is 0 Å². The van der Waals surface area contributed by atoms with Crippen LogP contribution in [0.1, 0.15) is 63.8 Å². The monoisotopic (exact) mass is 436 g/mol. The molecule has 0 bridgehead atoms. The second kappa shape index (κ2) is 10.7. The fourth-order valence-electron chi connectivity index (χ4n) is 4.12. The highest BCUT2D eigenvalue weighted by molar-refractivity contribution is 5.81. The van der Waals surface area contributed by atoms with Gasteiger partial charge in [-0.2, -0.15) is 0 Å². The summed E-state index contributed by atoms with van der Waals surface area (Å²) in [6.45, 7) is 11.3. The molecule has 2 aromatic rings. The van der Waals surface area contributed by atoms with Gasteiger partial charge in [-0.1, -0.05) is 64.1 Å². The molecular formula is C27H36N2O3. The SMILES string of the molecule is CC(C)CCNC(=O)[C@H](C)Oc1ccc2c(c1)[C@H](c1ccccc1)N(C(=O)C(C)C)CC2. The average molecular weight is 437 g/mol. The van der Waals surface area contributed by atoms with Crippen LogP contribution in [0.5, 0.6) is 5.75 Å². The molecule has 172 valence electrons. The van der Waals surface area contributed by atoms with E-state index in [1.807, 2.05) is 49.1 Å². The van der Waals surface area contributed by atoms with E-state index < -0.39 is 6.10 Å². The maximum absolute atomic E-state index is 13.0. The normalized spacial score (nSPS) is 16.6. The Morgan fingerprint density at radius 2 is 1.78 bits per heavy atom. The highest BCUT2D eigenvalue weighted by Crippen LogP contribution is 2.38. The number of benzene rings is 2. The first-order valence-corrected chi connectivity index (χ1v) is 11.7. The van der Waals surface area contributed by atoms with Gasteiger partial charge >= 0.3 is 0 Å². The van der Waals surface area contributed by atoms with Gasteiger partial charge in [0.05, 0.1) is 6.04 Å². The van der Waals surface area contributed by atoms with Crippen molar-refractivity contribution < 1.29 is 14.3 Å². The van der Waals surface area contributed by atoms with E-state index in [4.69, 9.17) is 4.74 Å². The van der Waals surface area contributed by atoms with Gasteiger partial charge in [0.1, 0.15) is 5.75 Å². The summed E-state index contributed by atoms with van der Waals surface area (Å²) in [7, 11) is 0. The van der Waals surface area contributed by atoms with Crippen molar-refractivity contribution in [1.82, 2.24) is 10.2 Å². The van der Waals surface area contributed by atoms with E-state index in [0.29, 0.717) is 24.8 Å². The summed E-state index contributed by atoms with van der Waals surface area (Å²) in [5.74, 6) is 1.15. The van der Waals surface area contributed by atoms with Crippen LogP contribution in [-0.4, -0.2) is 35.9 Å². The molecule has 0 saturated heterocycles. The molecule has 2 aromatic carbocycles. The minimum atomic E-state index is -0.590. The summed E-state index contributed by atoms with van der Waals surface area (Å²) in [6.07, 6.45) is 1.16. The van der Waals surface area contributed by atoms with Crippen LogP contribution < -0.4 is 10.1 Å². The molecule has 32 heavy (non-hydrogen) atoms. The summed E-state index contributed by atoms with van der Waals surface area (Å²) in [4.78, 5) is 27.4. The van der Waals surface area contributed by atoms with Crippen LogP contribution in [0.3, 0.4) is 0 Å². The van der Waals surface area contributed by atoms with Crippen LogP contribution in [0.15, 0.2) is 48.5 Å². The van der Waals surface area contributed by atoms with E-state index in [1.54, 1.807) is 6.92 Å². The predicted molar refractivity (Wildman–Crippen MR) is 128 cm³/mol. The van der Waals surface area contributed by atoms with E-state index in [0.717, 1.165) is 24.0 Å². The Kier molecular flexibility index (Phi) is 7.94. The molecule has 0 spiro atoms. The van der Waals surface area contributed by atoms with Gasteiger partial charge in [0, 0.05) is 19.0 Å². The molecule has 1 N–H and O–H groups in total. The molecule has 0 fully saturated rings. The fraction of sp³-hybridized carbons (Fsp3) is 0.481. The Morgan fingerprint density at radius 3 is 2.44 bits per heavy atom. The van der Waals surface area contributed by atoms with Crippen LogP contribution in [0.4, 0.5) is 0 Å². The Bertz CT molecular complexity index is 924. The topological polar surface area (TPSA) is 58.6 Å². The molecule has 0 saturated carbocycles. The lowest BCUT2D eigenvalue weighted by atomic mass is 9.87. The standard InChI is InChI=1S/C27H36N2O3/c1-18(2)13-15-28-26(30)20(5)32-23-12-11-21-14-16-29(27(31)19(3)4)25(24(21)17-23)22-9-7-6-8-10-22/h6-12,17-20,25H,13-16H2,1-5H3,(H,28,30)/t20-,25-/m0/s1. The first kappa shape index (κ1) is 23.8. The van der Waals surface area contributed by atoms with Crippen molar-refractivity contribution in [3.63, 3.8) is 0 Å². The van der Waals surface area contributed by atoms with Gasteiger partial charge in [-0.05, 0) is 54.5 Å². The number of carbonyl (C=O) groups excluding carboxylic acids is 2. The smallest absolute Gasteiger partial charge is 0.260 e. The maximum Gasteiger partial charge on any atom is 0.260 e. The van der Waals surface area contributed by atoms with Crippen molar-refractivity contribution in [1.29, 1.82) is 0 Å². The van der Waals surface area contributed by atoms with Crippen molar-refractivity contribution in [2.24, 2.45) is 11.8 Å². The van der Waals surface area contributed by atoms with Crippen LogP contribution in [0.25, 0.3) is 0 Å². The second-order valence-corrected chi connectivity index (χ2v) is 9.34. The molecule has 0 aromatic heterocycles. The Hall–Kier alpha value is -2.82. The van der Waals surface area contributed by atoms with Crippen LogP contribution in [-0.2, 0) is 16.0 Å². The highest BCUT2D eigenvalue weighted by Gasteiger charge is 2.33. The largest absolute Gasteiger partial charge is 0.481 e. The van der Waals surface area contributed by atoms with E-state index in [2.05, 4.69) is 37.4 Å². The van der Waals surface area contributed by atoms with Crippen LogP contribution in [0.2, 0.25) is 0 Å². The lowest BCUT2D eigenvalue weighted by molar-refractivity contribution is -0.136. The Balaban J connectivity index is 1.85. The quantitative estimate of drug-likeness (QED) is 0.650. The number of amides is 2. The molecule has 2 amide bonds. The number of hydrogen-bond acceptors (Lipinski definition) is 3. The molecule has 5 heteroatoms. The van der Waals surface area contributed by atoms with E-state index in [1.165, 1.54) is 5.56 Å². The molecule has 3 rings (SSSR count). The molecular weight excluding hydrogens is 400 g/mol. The van der Waals surface area contributed by atoms with Crippen molar-refractivity contribution in [2.45, 2.75) is 59.6 Å². The van der Waals surface area contributed by atoms with Gasteiger partial charge in [-0.15, -0.1) is 0 Å². The minimum absolute atomic E-state index is 0.0725. The van der Waals surface area contributed by atoms with Gasteiger partial charge in [-0.3, -0.25) is 9.59 Å². The lowest BCUT2D eigenvalue weighted by Gasteiger charge is -2.39. The van der Waals surface area contributed by atoms with Gasteiger partial charge in [0.25, 0.3) is 5.91 Å². The number of ether oxygens (including phenoxy) is 1. The first-order valence-electron chi connectivity index (χ1n) is 11.7. The van der Waals surface area contributed by atoms with E-state index in [-0.39, 0.29) is 23.8 Å². The van der Waals surface area contributed by atoms with Gasteiger partial charge in [0.15, 0.2) is 6.10 Å². The number of hydrogen-bond donors (Lipinski definition) is 1. The summed E-state index contributed by atoms with van der Waals surface area (Å²) in [5, 5.41) is 2.95. The minimum Gasteiger partial charge on any atom is -0.481 e. The highest BCUT2D eigenvalue weighted by atomic mass is 16.5. The molecule has 1 heterocycles. The third-order valence-electron chi connectivity index (χ3n) is 5.94. The average Bonchev–Trinajstić information content (AvgIpc) is 2.77. The zero-order valence-electron chi connectivity index (χ0n) is 19.9. The van der Waals surface area contributed by atoms with E-state index >= 15 is 0 Å². The molecule has 1 aliphatic rings.